The van der Waals surface area contributed by atoms with Gasteiger partial charge in [-0.3, -0.25) is 0 Å². The van der Waals surface area contributed by atoms with E-state index in [0.29, 0.717) is 6.42 Å². The van der Waals surface area contributed by atoms with Gasteiger partial charge in [-0.1, -0.05) is 36.8 Å². The van der Waals surface area contributed by atoms with Gasteiger partial charge in [-0.2, -0.15) is 0 Å². The zero-order valence-corrected chi connectivity index (χ0v) is 11.5. The molecular weight excluding hydrogens is 240 g/mol. The minimum atomic E-state index is -0.731. The maximum absolute atomic E-state index is 12.3. The average Bonchev–Trinajstić information content (AvgIpc) is 3.10. The first-order chi connectivity index (χ1) is 9.15. The number of rotatable bonds is 4. The molecule has 0 N–H and O–H groups in total. The number of ether oxygens (including phenoxy) is 2. The third-order valence-corrected chi connectivity index (χ3v) is 4.27. The summed E-state index contributed by atoms with van der Waals surface area (Å²) in [7, 11) is 0. The van der Waals surface area contributed by atoms with E-state index < -0.39 is 5.60 Å². The molecule has 3 rings (SSSR count). The van der Waals surface area contributed by atoms with Gasteiger partial charge < -0.3 is 9.47 Å². The summed E-state index contributed by atoms with van der Waals surface area (Å²) < 4.78 is 11.3. The molecule has 0 amide bonds. The Bertz CT molecular complexity index is 475. The van der Waals surface area contributed by atoms with Crippen LogP contribution >= 0.6 is 0 Å². The Labute approximate surface area is 113 Å². The summed E-state index contributed by atoms with van der Waals surface area (Å²) in [6.07, 6.45) is 3.82. The normalized spacial score (nSPS) is 29.7. The predicted molar refractivity (Wildman–Crippen MR) is 71.8 cm³/mol. The molecule has 1 aromatic carbocycles. The highest BCUT2D eigenvalue weighted by Crippen LogP contribution is 2.53. The minimum Gasteiger partial charge on any atom is -0.460 e. The van der Waals surface area contributed by atoms with E-state index in [0.717, 1.165) is 18.4 Å². The molecule has 1 saturated heterocycles. The van der Waals surface area contributed by atoms with Crippen molar-refractivity contribution in [2.24, 2.45) is 0 Å². The Morgan fingerprint density at radius 2 is 2.05 bits per heavy atom. The van der Waals surface area contributed by atoms with E-state index in [-0.39, 0.29) is 18.2 Å². The van der Waals surface area contributed by atoms with Crippen molar-refractivity contribution >= 4 is 5.97 Å². The van der Waals surface area contributed by atoms with Gasteiger partial charge in [0.25, 0.3) is 0 Å². The van der Waals surface area contributed by atoms with Crippen LogP contribution in [0, 0.1) is 6.92 Å². The number of hydrogen-bond acceptors (Lipinski definition) is 3. The van der Waals surface area contributed by atoms with Gasteiger partial charge in [0.2, 0.25) is 0 Å². The van der Waals surface area contributed by atoms with Crippen molar-refractivity contribution in [3.63, 3.8) is 0 Å². The summed E-state index contributed by atoms with van der Waals surface area (Å²) in [5.41, 5.74) is 1.55. The van der Waals surface area contributed by atoms with E-state index in [4.69, 9.17) is 9.47 Å². The fourth-order valence-corrected chi connectivity index (χ4v) is 2.56. The third kappa shape index (κ3) is 2.16. The second-order valence-electron chi connectivity index (χ2n) is 5.61. The van der Waals surface area contributed by atoms with E-state index in [2.05, 4.69) is 19.1 Å². The first-order valence-corrected chi connectivity index (χ1v) is 7.11. The zero-order valence-electron chi connectivity index (χ0n) is 11.5. The number of epoxide rings is 1. The van der Waals surface area contributed by atoms with Crippen LogP contribution in [0.2, 0.25) is 0 Å². The Morgan fingerprint density at radius 1 is 1.37 bits per heavy atom. The van der Waals surface area contributed by atoms with Crippen LogP contribution in [-0.4, -0.2) is 17.7 Å². The molecule has 0 spiro atoms. The number of hydrogen-bond donors (Lipinski definition) is 0. The standard InChI is InChI=1S/C16H20O3/c1-3-16(15(17)18-13-5-4-6-13)14(19-16)12-9-7-11(2)8-10-12/h7-10,13-14H,3-6H2,1-2H3. The Morgan fingerprint density at radius 3 is 2.58 bits per heavy atom. The molecule has 0 bridgehead atoms. The lowest BCUT2D eigenvalue weighted by Crippen LogP contribution is -2.34. The molecule has 1 aliphatic carbocycles. The molecule has 1 aliphatic heterocycles. The van der Waals surface area contributed by atoms with E-state index in [9.17, 15) is 4.79 Å². The van der Waals surface area contributed by atoms with Gasteiger partial charge in [0.15, 0.2) is 5.60 Å². The van der Waals surface area contributed by atoms with Crippen LogP contribution in [0.4, 0.5) is 0 Å². The second-order valence-corrected chi connectivity index (χ2v) is 5.61. The number of esters is 1. The summed E-state index contributed by atoms with van der Waals surface area (Å²) >= 11 is 0. The van der Waals surface area contributed by atoms with Crippen molar-refractivity contribution in [1.29, 1.82) is 0 Å². The molecule has 1 heterocycles. The molecule has 2 atom stereocenters. The molecule has 2 fully saturated rings. The number of aryl methyl sites for hydroxylation is 1. The van der Waals surface area contributed by atoms with Gasteiger partial charge in [-0.05, 0) is 38.2 Å². The van der Waals surface area contributed by atoms with Crippen LogP contribution in [0.5, 0.6) is 0 Å². The van der Waals surface area contributed by atoms with Gasteiger partial charge in [0.1, 0.15) is 12.2 Å². The molecule has 2 unspecified atom stereocenters. The first kappa shape index (κ1) is 12.7. The molecule has 0 aromatic heterocycles. The van der Waals surface area contributed by atoms with Gasteiger partial charge in [-0.15, -0.1) is 0 Å². The summed E-state index contributed by atoms with van der Waals surface area (Å²) in [5.74, 6) is -0.176. The summed E-state index contributed by atoms with van der Waals surface area (Å²) in [6.45, 7) is 4.03. The number of benzene rings is 1. The van der Waals surface area contributed by atoms with Crippen molar-refractivity contribution in [2.75, 3.05) is 0 Å². The van der Waals surface area contributed by atoms with E-state index >= 15 is 0 Å². The maximum atomic E-state index is 12.3. The molecule has 3 heteroatoms. The minimum absolute atomic E-state index is 0.124. The smallest absolute Gasteiger partial charge is 0.341 e. The maximum Gasteiger partial charge on any atom is 0.341 e. The van der Waals surface area contributed by atoms with Crippen LogP contribution in [0.25, 0.3) is 0 Å². The van der Waals surface area contributed by atoms with Gasteiger partial charge in [0.05, 0.1) is 0 Å². The molecule has 102 valence electrons. The van der Waals surface area contributed by atoms with Crippen molar-refractivity contribution in [2.45, 2.75) is 57.3 Å². The number of carbonyl (C=O) groups is 1. The van der Waals surface area contributed by atoms with Gasteiger partial charge in [-0.25, -0.2) is 4.79 Å². The quantitative estimate of drug-likeness (QED) is 0.616. The van der Waals surface area contributed by atoms with Crippen molar-refractivity contribution in [3.05, 3.63) is 35.4 Å². The summed E-state index contributed by atoms with van der Waals surface area (Å²) in [4.78, 5) is 12.3. The third-order valence-electron chi connectivity index (χ3n) is 4.27. The first-order valence-electron chi connectivity index (χ1n) is 7.11. The molecule has 2 aliphatic rings. The van der Waals surface area contributed by atoms with E-state index in [1.54, 1.807) is 0 Å². The fourth-order valence-electron chi connectivity index (χ4n) is 2.56. The van der Waals surface area contributed by atoms with Crippen LogP contribution in [-0.2, 0) is 14.3 Å². The summed E-state index contributed by atoms with van der Waals surface area (Å²) in [5, 5.41) is 0. The monoisotopic (exact) mass is 260 g/mol. The van der Waals surface area contributed by atoms with E-state index in [1.165, 1.54) is 12.0 Å². The highest BCUT2D eigenvalue weighted by Gasteiger charge is 2.63. The lowest BCUT2D eigenvalue weighted by molar-refractivity contribution is -0.159. The van der Waals surface area contributed by atoms with Gasteiger partial charge >= 0.3 is 5.97 Å². The van der Waals surface area contributed by atoms with Crippen LogP contribution in [0.1, 0.15) is 49.8 Å². The molecule has 1 saturated carbocycles. The fraction of sp³-hybridized carbons (Fsp3) is 0.562. The number of carbonyl (C=O) groups excluding carboxylic acids is 1. The highest BCUT2D eigenvalue weighted by molar-refractivity contribution is 5.84. The van der Waals surface area contributed by atoms with Crippen molar-refractivity contribution < 1.29 is 14.3 Å². The predicted octanol–water partition coefficient (Wildman–Crippen LogP) is 3.31. The largest absolute Gasteiger partial charge is 0.460 e. The topological polar surface area (TPSA) is 38.8 Å². The van der Waals surface area contributed by atoms with Crippen LogP contribution in [0.15, 0.2) is 24.3 Å². The average molecular weight is 260 g/mol. The Kier molecular flexibility index (Phi) is 3.09. The lowest BCUT2D eigenvalue weighted by Gasteiger charge is -2.26. The molecule has 1 aromatic rings. The molecule has 0 radical (unpaired) electrons. The SMILES string of the molecule is CCC1(C(=O)OC2CCC2)OC1c1ccc(C)cc1. The van der Waals surface area contributed by atoms with Crippen LogP contribution in [0.3, 0.4) is 0 Å². The molecular formula is C16H20O3. The zero-order chi connectivity index (χ0) is 13.5. The molecule has 3 nitrogen and oxygen atoms in total. The second kappa shape index (κ2) is 4.64. The van der Waals surface area contributed by atoms with Crippen molar-refractivity contribution in [3.8, 4) is 0 Å². The van der Waals surface area contributed by atoms with E-state index in [1.807, 2.05) is 19.1 Å². The highest BCUT2D eigenvalue weighted by atomic mass is 16.7. The molecule has 19 heavy (non-hydrogen) atoms. The Hall–Kier alpha value is -1.35. The van der Waals surface area contributed by atoms with Crippen molar-refractivity contribution in [1.82, 2.24) is 0 Å². The Balaban J connectivity index is 1.71. The lowest BCUT2D eigenvalue weighted by atomic mass is 9.94. The van der Waals surface area contributed by atoms with Gasteiger partial charge in [0, 0.05) is 0 Å². The van der Waals surface area contributed by atoms with Crippen LogP contribution < -0.4 is 0 Å². The summed E-state index contributed by atoms with van der Waals surface area (Å²) in [6, 6.07) is 8.17.